The number of nitro benzene ring substituents is 2. The number of H-pyrrole nitrogens is 2. The van der Waals surface area contributed by atoms with Crippen molar-refractivity contribution in [2.45, 2.75) is 0 Å². The Morgan fingerprint density at radius 2 is 0.810 bits per heavy atom. The van der Waals surface area contributed by atoms with Crippen LogP contribution in [0.25, 0.3) is 90.9 Å². The lowest BCUT2D eigenvalue weighted by Gasteiger charge is -2.07. The first-order chi connectivity index (χ1) is 27.2. The van der Waals surface area contributed by atoms with Gasteiger partial charge in [-0.2, -0.15) is 0 Å². The summed E-state index contributed by atoms with van der Waals surface area (Å²) < 4.78 is 3.91. The average molecular weight is 808 g/mol. The van der Waals surface area contributed by atoms with E-state index in [1.54, 1.807) is 24.3 Å². The second-order valence-electron chi connectivity index (χ2n) is 13.6. The summed E-state index contributed by atoms with van der Waals surface area (Å²) in [5, 5.41) is 23.9. The molecule has 2 N–H and O–H groups in total. The maximum Gasteiger partial charge on any atom is 0.270 e. The molecule has 0 saturated carbocycles. The molecule has 0 atom stereocenters. The van der Waals surface area contributed by atoms with Crippen molar-refractivity contribution < 1.29 is 43.8 Å². The SMILES string of the molecule is C[n+]1ccc(-c2c3nc(c(-c4cccc([N+](=O)[O-])c4)c4ccc([nH]4)c(-c4cc[n+](C)cc4)c4ccc([nH]4)c(-c4cccc([N+](=O)[O-])c4)c4nc2C=C4)C=C3)cc1.[Cl-].[Cl-]. The molecule has 0 aliphatic carbocycles. The maximum absolute atomic E-state index is 12.0. The van der Waals surface area contributed by atoms with Gasteiger partial charge < -0.3 is 34.8 Å². The Labute approximate surface area is 343 Å². The van der Waals surface area contributed by atoms with Crippen LogP contribution in [0.1, 0.15) is 22.8 Å². The van der Waals surface area contributed by atoms with Gasteiger partial charge in [-0.3, -0.25) is 20.2 Å². The Kier molecular flexibility index (Phi) is 10.5. The molecule has 0 saturated heterocycles. The highest BCUT2D eigenvalue weighted by Gasteiger charge is 2.21. The first kappa shape index (κ1) is 39.0. The van der Waals surface area contributed by atoms with Crippen molar-refractivity contribution >= 4 is 57.7 Å². The van der Waals surface area contributed by atoms with Crippen molar-refractivity contribution in [1.82, 2.24) is 19.9 Å². The first-order valence-electron chi connectivity index (χ1n) is 17.8. The number of hydrogen-bond donors (Lipinski definition) is 2. The van der Waals surface area contributed by atoms with Crippen molar-refractivity contribution in [2.75, 3.05) is 0 Å². The van der Waals surface area contributed by atoms with Gasteiger partial charge in [-0.25, -0.2) is 19.1 Å². The molecule has 0 unspecified atom stereocenters. The third-order valence-electron chi connectivity index (χ3n) is 9.98. The lowest BCUT2D eigenvalue weighted by atomic mass is 10.0. The van der Waals surface area contributed by atoms with Gasteiger partial charge in [0.25, 0.3) is 11.4 Å². The van der Waals surface area contributed by atoms with Crippen LogP contribution >= 0.6 is 0 Å². The minimum absolute atomic E-state index is 0. The van der Waals surface area contributed by atoms with E-state index in [4.69, 9.17) is 9.97 Å². The second kappa shape index (κ2) is 15.7. The third-order valence-corrected chi connectivity index (χ3v) is 9.98. The van der Waals surface area contributed by atoms with Gasteiger partial charge in [0.2, 0.25) is 0 Å². The molecule has 8 bridgehead atoms. The maximum atomic E-state index is 12.0. The Balaban J connectivity index is 0.00000256. The van der Waals surface area contributed by atoms with Crippen LogP contribution in [-0.2, 0) is 14.1 Å². The number of nitro groups is 2. The number of nitrogens with zero attached hydrogens (tertiary/aromatic N) is 6. The molecule has 12 nitrogen and oxygen atoms in total. The van der Waals surface area contributed by atoms with Gasteiger partial charge in [-0.15, -0.1) is 0 Å². The molecule has 2 aromatic carbocycles. The molecule has 5 aromatic heterocycles. The monoisotopic (exact) mass is 806 g/mol. The van der Waals surface area contributed by atoms with E-state index in [9.17, 15) is 20.2 Å². The average Bonchev–Trinajstić information content (AvgIpc) is 4.04. The van der Waals surface area contributed by atoms with Gasteiger partial charge >= 0.3 is 0 Å². The van der Waals surface area contributed by atoms with E-state index in [2.05, 4.69) is 9.97 Å². The van der Waals surface area contributed by atoms with Crippen LogP contribution in [0.15, 0.2) is 122 Å². The first-order valence-corrected chi connectivity index (χ1v) is 17.8. The lowest BCUT2D eigenvalue weighted by Crippen LogP contribution is -3.00. The predicted molar refractivity (Wildman–Crippen MR) is 216 cm³/mol. The second-order valence-corrected chi connectivity index (χ2v) is 13.6. The summed E-state index contributed by atoms with van der Waals surface area (Å²) in [6.07, 6.45) is 15.6. The Bertz CT molecular complexity index is 2850. The smallest absolute Gasteiger partial charge is 0.270 e. The fourth-order valence-corrected chi connectivity index (χ4v) is 7.31. The zero-order chi connectivity index (χ0) is 38.5. The van der Waals surface area contributed by atoms with Gasteiger partial charge in [0.15, 0.2) is 24.8 Å². The van der Waals surface area contributed by atoms with Gasteiger partial charge in [0.1, 0.15) is 14.1 Å². The van der Waals surface area contributed by atoms with E-state index in [0.29, 0.717) is 56.1 Å². The van der Waals surface area contributed by atoms with Crippen LogP contribution in [0.2, 0.25) is 0 Å². The molecule has 0 radical (unpaired) electrons. The van der Waals surface area contributed by atoms with Crippen LogP contribution < -0.4 is 33.9 Å². The van der Waals surface area contributed by atoms with Crippen LogP contribution in [-0.4, -0.2) is 29.8 Å². The largest absolute Gasteiger partial charge is 1.00 e. The number of aromatic amines is 2. The Hall–Kier alpha value is -7.28. The molecule has 0 amide bonds. The van der Waals surface area contributed by atoms with Crippen molar-refractivity contribution in [3.63, 3.8) is 0 Å². The molecule has 0 spiro atoms. The minimum Gasteiger partial charge on any atom is -1.00 e. The summed E-state index contributed by atoms with van der Waals surface area (Å²) in [5.41, 5.74) is 11.6. The number of nitrogens with one attached hydrogen (secondary N) is 2. The molecule has 14 heteroatoms. The molecular weight excluding hydrogens is 775 g/mol. The number of pyridine rings is 2. The van der Waals surface area contributed by atoms with E-state index in [0.717, 1.165) is 33.3 Å². The van der Waals surface area contributed by atoms with Crippen molar-refractivity contribution in [3.8, 4) is 44.5 Å². The van der Waals surface area contributed by atoms with Crippen molar-refractivity contribution in [2.24, 2.45) is 14.1 Å². The van der Waals surface area contributed by atoms with E-state index < -0.39 is 9.85 Å². The van der Waals surface area contributed by atoms with E-state index in [1.165, 1.54) is 12.1 Å². The molecule has 58 heavy (non-hydrogen) atoms. The molecule has 0 fully saturated rings. The molecule has 2 aliphatic rings. The fraction of sp³-hybridized carbons (Fsp3) is 0.0455. The fourth-order valence-electron chi connectivity index (χ4n) is 7.31. The van der Waals surface area contributed by atoms with E-state index >= 15 is 0 Å². The van der Waals surface area contributed by atoms with E-state index in [1.807, 2.05) is 133 Å². The molecule has 7 aromatic rings. The highest BCUT2D eigenvalue weighted by molar-refractivity contribution is 6.00. The normalized spacial score (nSPS) is 11.5. The van der Waals surface area contributed by atoms with Crippen molar-refractivity contribution in [1.29, 1.82) is 0 Å². The van der Waals surface area contributed by atoms with Crippen molar-refractivity contribution in [3.05, 3.63) is 165 Å². The van der Waals surface area contributed by atoms with Crippen LogP contribution in [0.5, 0.6) is 0 Å². The third kappa shape index (κ3) is 7.13. The van der Waals surface area contributed by atoms with Gasteiger partial charge in [-0.1, -0.05) is 24.3 Å². The minimum atomic E-state index is -0.396. The number of benzene rings is 2. The highest BCUT2D eigenvalue weighted by Crippen LogP contribution is 2.39. The molecule has 7 heterocycles. The number of fused-ring (bicyclic) bond motifs is 8. The molecule has 286 valence electrons. The predicted octanol–water partition coefficient (Wildman–Crippen LogP) is 2.80. The van der Waals surface area contributed by atoms with Crippen LogP contribution in [0.3, 0.4) is 0 Å². The zero-order valence-electron chi connectivity index (χ0n) is 30.9. The number of aryl methyl sites for hydroxylation is 2. The van der Waals surface area contributed by atoms with Crippen LogP contribution in [0.4, 0.5) is 11.4 Å². The summed E-state index contributed by atoms with van der Waals surface area (Å²) >= 11 is 0. The lowest BCUT2D eigenvalue weighted by molar-refractivity contribution is -0.671. The zero-order valence-corrected chi connectivity index (χ0v) is 32.4. The number of rotatable bonds is 6. The summed E-state index contributed by atoms with van der Waals surface area (Å²) in [6.45, 7) is 0. The quantitative estimate of drug-likeness (QED) is 0.150. The number of hydrogen-bond acceptors (Lipinski definition) is 6. The number of aromatic nitrogens is 6. The van der Waals surface area contributed by atoms with Gasteiger partial charge in [-0.05, 0) is 70.8 Å². The molecule has 9 rings (SSSR count). The Morgan fingerprint density at radius 1 is 0.466 bits per heavy atom. The summed E-state index contributed by atoms with van der Waals surface area (Å²) in [7, 11) is 3.90. The molecule has 2 aliphatic heterocycles. The Morgan fingerprint density at radius 3 is 1.19 bits per heavy atom. The van der Waals surface area contributed by atoms with Crippen LogP contribution in [0, 0.1) is 20.2 Å². The molecular formula is C44H32Cl2N8O4. The summed E-state index contributed by atoms with van der Waals surface area (Å²) in [4.78, 5) is 40.9. The van der Waals surface area contributed by atoms with E-state index in [-0.39, 0.29) is 36.2 Å². The highest BCUT2D eigenvalue weighted by atomic mass is 35.5. The summed E-state index contributed by atoms with van der Waals surface area (Å²) in [6, 6.07) is 29.2. The number of non-ortho nitro benzene ring substituents is 2. The topological polar surface area (TPSA) is 151 Å². The van der Waals surface area contributed by atoms with Gasteiger partial charge in [0, 0.05) is 92.9 Å². The number of halogens is 2. The summed E-state index contributed by atoms with van der Waals surface area (Å²) in [5.74, 6) is 0. The standard InChI is InChI=1S/C44H31N8O4.2ClH/c1-49-21-17-27(18-22-49)41-33-9-13-37(45-33)43(29-5-3-7-31(25-29)51(53)54)39-15-11-35(47-39)42(28-19-23-50(2)24-20-28)36-12-16-40(48-36)44(38-14-10-34(41)46-38)30-6-4-8-32(26-30)52(55)56;;/h3-26H,1-2H3,(H,45,46,47,48);2*1H/q+1;;/p-1. The van der Waals surface area contributed by atoms with Gasteiger partial charge in [0.05, 0.1) is 32.6 Å².